The van der Waals surface area contributed by atoms with Crippen LogP contribution in [0.3, 0.4) is 0 Å². The second kappa shape index (κ2) is 3.95. The molecule has 0 aliphatic carbocycles. The first-order valence-corrected chi connectivity index (χ1v) is 6.72. The Morgan fingerprint density at radius 2 is 1.61 bits per heavy atom. The second-order valence-corrected chi connectivity index (χ2v) is 7.33. The largest absolute Gasteiger partial charge is 0.222 e. The third kappa shape index (κ3) is 2.11. The number of pyridine rings is 1. The molecule has 0 spiro atoms. The molecule has 0 bridgehead atoms. The van der Waals surface area contributed by atoms with E-state index < -0.39 is 5.95 Å². The van der Waals surface area contributed by atoms with Crippen LogP contribution in [0.4, 0.5) is 4.39 Å². The summed E-state index contributed by atoms with van der Waals surface area (Å²) in [6.07, 6.45) is 0. The van der Waals surface area contributed by atoms with E-state index in [1.807, 2.05) is 41.5 Å². The molecule has 2 rings (SSSR count). The molecule has 2 heterocycles. The molecule has 18 heavy (non-hydrogen) atoms. The van der Waals surface area contributed by atoms with E-state index >= 15 is 0 Å². The molecule has 0 aliphatic heterocycles. The lowest BCUT2D eigenvalue weighted by Crippen LogP contribution is -2.20. The van der Waals surface area contributed by atoms with Gasteiger partial charge in [-0.05, 0) is 16.9 Å². The Hall–Kier alpha value is -1.10. The number of rotatable bonds is 0. The van der Waals surface area contributed by atoms with E-state index in [0.717, 1.165) is 10.4 Å². The van der Waals surface area contributed by atoms with E-state index in [1.165, 1.54) is 11.5 Å². The zero-order valence-corrected chi connectivity index (χ0v) is 12.4. The predicted octanol–water partition coefficient (Wildman–Crippen LogP) is 3.82. The van der Waals surface area contributed by atoms with Crippen LogP contribution in [0, 0.1) is 5.95 Å². The van der Waals surface area contributed by atoms with E-state index in [4.69, 9.17) is 0 Å². The summed E-state index contributed by atoms with van der Waals surface area (Å²) < 4.78 is 19.2. The van der Waals surface area contributed by atoms with E-state index in [-0.39, 0.29) is 10.8 Å². The highest BCUT2D eigenvalue weighted by molar-refractivity contribution is 7.13. The Morgan fingerprint density at radius 3 is 2.11 bits per heavy atom. The maximum Gasteiger partial charge on any atom is 0.219 e. The van der Waals surface area contributed by atoms with Crippen molar-refractivity contribution in [3.8, 4) is 0 Å². The lowest BCUT2D eigenvalue weighted by Gasteiger charge is -2.23. The molecule has 0 aromatic carbocycles. The van der Waals surface area contributed by atoms with Crippen LogP contribution in [-0.2, 0) is 10.8 Å². The molecule has 3 nitrogen and oxygen atoms in total. The number of hydrogen-bond donors (Lipinski definition) is 0. The van der Waals surface area contributed by atoms with Crippen molar-refractivity contribution in [2.75, 3.05) is 0 Å². The molecule has 0 radical (unpaired) electrons. The van der Waals surface area contributed by atoms with E-state index in [0.29, 0.717) is 11.1 Å². The van der Waals surface area contributed by atoms with Crippen molar-refractivity contribution in [1.82, 2.24) is 14.6 Å². The highest BCUT2D eigenvalue weighted by Crippen LogP contribution is 2.36. The molecule has 2 aromatic heterocycles. The molecule has 0 fully saturated rings. The number of hydrogen-bond acceptors (Lipinski definition) is 4. The molecule has 0 atom stereocenters. The highest BCUT2D eigenvalue weighted by atomic mass is 32.1. The fraction of sp³-hybridized carbons (Fsp3) is 0.615. The van der Waals surface area contributed by atoms with Crippen LogP contribution < -0.4 is 0 Å². The van der Waals surface area contributed by atoms with E-state index in [2.05, 4.69) is 14.6 Å². The fourth-order valence-corrected chi connectivity index (χ4v) is 2.86. The summed E-state index contributed by atoms with van der Waals surface area (Å²) in [5, 5.41) is 4.11. The summed E-state index contributed by atoms with van der Waals surface area (Å²) >= 11 is 1.29. The van der Waals surface area contributed by atoms with Gasteiger partial charge in [-0.25, -0.2) is 4.98 Å². The Labute approximate surface area is 111 Å². The average Bonchev–Trinajstić information content (AvgIpc) is 2.60. The normalized spacial score (nSPS) is 13.3. The minimum absolute atomic E-state index is 0.219. The Morgan fingerprint density at radius 1 is 1.00 bits per heavy atom. The van der Waals surface area contributed by atoms with Crippen molar-refractivity contribution in [1.29, 1.82) is 0 Å². The van der Waals surface area contributed by atoms with Gasteiger partial charge in [0.1, 0.15) is 5.52 Å². The third-order valence-electron chi connectivity index (χ3n) is 2.82. The summed E-state index contributed by atoms with van der Waals surface area (Å²) in [4.78, 5) is 4.17. The summed E-state index contributed by atoms with van der Waals surface area (Å²) in [7, 11) is 0. The maximum absolute atomic E-state index is 14.3. The van der Waals surface area contributed by atoms with Gasteiger partial charge < -0.3 is 0 Å². The van der Waals surface area contributed by atoms with Crippen molar-refractivity contribution in [3.63, 3.8) is 0 Å². The van der Waals surface area contributed by atoms with Crippen LogP contribution in [0.1, 0.15) is 52.8 Å². The van der Waals surface area contributed by atoms with Crippen molar-refractivity contribution < 1.29 is 4.39 Å². The molecule has 0 aliphatic rings. The highest BCUT2D eigenvalue weighted by Gasteiger charge is 2.30. The van der Waals surface area contributed by atoms with Gasteiger partial charge >= 0.3 is 0 Å². The number of halogens is 1. The van der Waals surface area contributed by atoms with Gasteiger partial charge in [0.05, 0.1) is 10.4 Å². The number of nitrogens with zero attached hydrogens (tertiary/aromatic N) is 3. The van der Waals surface area contributed by atoms with Gasteiger partial charge in [0, 0.05) is 11.0 Å². The average molecular weight is 267 g/mol. The monoisotopic (exact) mass is 267 g/mol. The number of aromatic nitrogens is 3. The lowest BCUT2D eigenvalue weighted by molar-refractivity contribution is 0.484. The van der Waals surface area contributed by atoms with Crippen molar-refractivity contribution in [2.24, 2.45) is 0 Å². The minimum Gasteiger partial charge on any atom is -0.222 e. The fourth-order valence-electron chi connectivity index (χ4n) is 1.99. The Bertz CT molecular complexity index is 591. The molecule has 0 saturated heterocycles. The van der Waals surface area contributed by atoms with Crippen molar-refractivity contribution >= 4 is 21.7 Å². The van der Waals surface area contributed by atoms with Crippen LogP contribution in [-0.4, -0.2) is 14.6 Å². The van der Waals surface area contributed by atoms with Crippen LogP contribution in [0.25, 0.3) is 10.2 Å². The molecule has 0 N–H and O–H groups in total. The van der Waals surface area contributed by atoms with Crippen LogP contribution in [0.5, 0.6) is 0 Å². The van der Waals surface area contributed by atoms with E-state index in [9.17, 15) is 4.39 Å². The second-order valence-electron chi connectivity index (χ2n) is 6.58. The van der Waals surface area contributed by atoms with Gasteiger partial charge in [0.15, 0.2) is 0 Å². The Balaban J connectivity index is 2.87. The molecule has 98 valence electrons. The van der Waals surface area contributed by atoms with Gasteiger partial charge in [-0.3, -0.25) is 0 Å². The predicted molar refractivity (Wildman–Crippen MR) is 72.6 cm³/mol. The topological polar surface area (TPSA) is 38.7 Å². The molecular formula is C13H18FN3S. The molecule has 2 aromatic rings. The first-order chi connectivity index (χ1) is 8.12. The first-order valence-electron chi connectivity index (χ1n) is 5.95. The van der Waals surface area contributed by atoms with Gasteiger partial charge in [0.2, 0.25) is 5.95 Å². The summed E-state index contributed by atoms with van der Waals surface area (Å²) in [6.45, 7) is 11.9. The zero-order chi connectivity index (χ0) is 13.7. The van der Waals surface area contributed by atoms with Gasteiger partial charge in [-0.1, -0.05) is 46.0 Å². The molecule has 0 amide bonds. The number of fused-ring (bicyclic) bond motifs is 1. The van der Waals surface area contributed by atoms with Crippen molar-refractivity contribution in [2.45, 2.75) is 52.4 Å². The van der Waals surface area contributed by atoms with Crippen LogP contribution in [0.15, 0.2) is 0 Å². The van der Waals surface area contributed by atoms with Gasteiger partial charge in [-0.2, -0.15) is 4.39 Å². The molecular weight excluding hydrogens is 249 g/mol. The van der Waals surface area contributed by atoms with Crippen LogP contribution >= 0.6 is 11.5 Å². The smallest absolute Gasteiger partial charge is 0.219 e. The van der Waals surface area contributed by atoms with Gasteiger partial charge in [0.25, 0.3) is 0 Å². The first kappa shape index (κ1) is 13.3. The SMILES string of the molecule is CC(C)(C)c1c(F)nc(C(C)(C)C)c2snnc12. The third-order valence-corrected chi connectivity index (χ3v) is 3.55. The maximum atomic E-state index is 14.3. The molecule has 0 unspecified atom stereocenters. The Kier molecular flexibility index (Phi) is 2.93. The quantitative estimate of drug-likeness (QED) is 0.681. The standard InChI is InChI=1S/C13H18FN3S/c1-12(2,3)7-8-9(18-17-16-8)10(13(4,5)6)15-11(7)14/h1-6H3. The van der Waals surface area contributed by atoms with Crippen LogP contribution in [0.2, 0.25) is 0 Å². The summed E-state index contributed by atoms with van der Waals surface area (Å²) in [5.41, 5.74) is 1.40. The summed E-state index contributed by atoms with van der Waals surface area (Å²) in [5.74, 6) is -0.423. The minimum atomic E-state index is -0.423. The van der Waals surface area contributed by atoms with Gasteiger partial charge in [-0.15, -0.1) is 5.10 Å². The lowest BCUT2D eigenvalue weighted by atomic mass is 9.85. The zero-order valence-electron chi connectivity index (χ0n) is 11.6. The van der Waals surface area contributed by atoms with E-state index in [1.54, 1.807) is 0 Å². The molecule has 5 heteroatoms. The molecule has 0 saturated carbocycles. The summed E-state index contributed by atoms with van der Waals surface area (Å²) in [6, 6.07) is 0. The van der Waals surface area contributed by atoms with Crippen molar-refractivity contribution in [3.05, 3.63) is 17.2 Å².